The van der Waals surface area contributed by atoms with E-state index in [1.165, 1.54) is 6.33 Å². The molecule has 0 saturated carbocycles. The Hall–Kier alpha value is -2.85. The number of rotatable bonds is 6. The molecule has 0 unspecified atom stereocenters. The number of imidazole rings is 1. The van der Waals surface area contributed by atoms with Gasteiger partial charge in [0.2, 0.25) is 5.95 Å². The van der Waals surface area contributed by atoms with Gasteiger partial charge < -0.3 is 15.6 Å². The first-order valence-corrected chi connectivity index (χ1v) is 7.18. The fraction of sp³-hybridized carbons (Fsp3) is 0.385. The molecule has 0 atom stereocenters. The zero-order valence-corrected chi connectivity index (χ0v) is 12.7. The van der Waals surface area contributed by atoms with E-state index < -0.39 is 12.6 Å². The summed E-state index contributed by atoms with van der Waals surface area (Å²) >= 11 is 0. The Balaban J connectivity index is 1.74. The number of H-pyrrole nitrogens is 1. The molecule has 0 aliphatic carbocycles. The number of alkyl halides is 3. The van der Waals surface area contributed by atoms with Gasteiger partial charge in [0, 0.05) is 26.2 Å². The number of nitrogens with zero attached hydrogens (tertiary/aromatic N) is 5. The summed E-state index contributed by atoms with van der Waals surface area (Å²) in [6.45, 7) is 0.136. The lowest BCUT2D eigenvalue weighted by Gasteiger charge is -2.10. The standard InChI is InChI=1S/C13H15F3N8/c1-24-6-8(5-20-24)21-12-22-10(9-11(23-12)19-7-18-9)17-4-2-3-13(14,15)16/h5-7H,2-4H2,1H3,(H3,17,18,19,21,22,23). The van der Waals surface area contributed by atoms with Crippen molar-refractivity contribution in [3.8, 4) is 0 Å². The third-order valence-electron chi connectivity index (χ3n) is 3.18. The first-order valence-electron chi connectivity index (χ1n) is 7.18. The maximum absolute atomic E-state index is 12.2. The van der Waals surface area contributed by atoms with E-state index in [2.05, 4.69) is 35.7 Å². The number of hydrogen-bond acceptors (Lipinski definition) is 6. The van der Waals surface area contributed by atoms with Gasteiger partial charge >= 0.3 is 6.18 Å². The molecule has 3 aromatic heterocycles. The van der Waals surface area contributed by atoms with Crippen LogP contribution in [0.5, 0.6) is 0 Å². The van der Waals surface area contributed by atoms with Crippen molar-refractivity contribution in [2.45, 2.75) is 19.0 Å². The second-order valence-electron chi connectivity index (χ2n) is 5.17. The minimum Gasteiger partial charge on any atom is -0.368 e. The SMILES string of the molecule is Cn1cc(Nc2nc(NCCCC(F)(F)F)c3[nH]cnc3n2)cn1. The van der Waals surface area contributed by atoms with E-state index in [0.29, 0.717) is 22.7 Å². The van der Waals surface area contributed by atoms with Crippen molar-refractivity contribution < 1.29 is 13.2 Å². The van der Waals surface area contributed by atoms with E-state index in [9.17, 15) is 13.2 Å². The molecule has 128 valence electrons. The number of halogens is 3. The molecule has 0 amide bonds. The average molecular weight is 340 g/mol. The van der Waals surface area contributed by atoms with Crippen LogP contribution in [0, 0.1) is 0 Å². The highest BCUT2D eigenvalue weighted by atomic mass is 19.4. The predicted octanol–water partition coefficient (Wildman–Crippen LogP) is 2.58. The van der Waals surface area contributed by atoms with Crippen molar-refractivity contribution in [1.29, 1.82) is 0 Å². The van der Waals surface area contributed by atoms with Crippen molar-refractivity contribution in [3.05, 3.63) is 18.7 Å². The Morgan fingerprint density at radius 3 is 2.83 bits per heavy atom. The molecule has 0 spiro atoms. The Morgan fingerprint density at radius 2 is 2.12 bits per heavy atom. The number of aryl methyl sites for hydroxylation is 1. The van der Waals surface area contributed by atoms with Gasteiger partial charge in [-0.05, 0) is 6.42 Å². The van der Waals surface area contributed by atoms with Crippen LogP contribution in [0.1, 0.15) is 12.8 Å². The summed E-state index contributed by atoms with van der Waals surface area (Å²) in [4.78, 5) is 15.5. The number of fused-ring (bicyclic) bond motifs is 1. The third kappa shape index (κ3) is 3.91. The molecule has 0 aliphatic rings. The highest BCUT2D eigenvalue weighted by Crippen LogP contribution is 2.23. The molecule has 3 N–H and O–H groups in total. The van der Waals surface area contributed by atoms with Gasteiger partial charge in [0.25, 0.3) is 0 Å². The quantitative estimate of drug-likeness (QED) is 0.597. The van der Waals surface area contributed by atoms with Gasteiger partial charge in [-0.1, -0.05) is 0 Å². The van der Waals surface area contributed by atoms with Gasteiger partial charge in [0.05, 0.1) is 18.2 Å². The Kier molecular flexibility index (Phi) is 4.23. The lowest BCUT2D eigenvalue weighted by Crippen LogP contribution is -2.12. The minimum atomic E-state index is -4.16. The topological polar surface area (TPSA) is 96.3 Å². The lowest BCUT2D eigenvalue weighted by atomic mass is 10.3. The lowest BCUT2D eigenvalue weighted by molar-refractivity contribution is -0.134. The van der Waals surface area contributed by atoms with Crippen LogP contribution < -0.4 is 10.6 Å². The Morgan fingerprint density at radius 1 is 1.29 bits per heavy atom. The molecule has 0 saturated heterocycles. The van der Waals surface area contributed by atoms with Crippen molar-refractivity contribution in [3.63, 3.8) is 0 Å². The van der Waals surface area contributed by atoms with E-state index >= 15 is 0 Å². The Bertz CT molecular complexity index is 822. The van der Waals surface area contributed by atoms with E-state index in [0.717, 1.165) is 0 Å². The molecule has 11 heteroatoms. The van der Waals surface area contributed by atoms with Crippen LogP contribution in [0.4, 0.5) is 30.6 Å². The van der Waals surface area contributed by atoms with Crippen LogP contribution >= 0.6 is 0 Å². The van der Waals surface area contributed by atoms with Crippen molar-refractivity contribution in [1.82, 2.24) is 29.7 Å². The predicted molar refractivity (Wildman–Crippen MR) is 82.0 cm³/mol. The Labute approximate surface area is 134 Å². The molecule has 24 heavy (non-hydrogen) atoms. The maximum atomic E-state index is 12.2. The summed E-state index contributed by atoms with van der Waals surface area (Å²) in [5.74, 6) is 0.673. The number of aromatic nitrogens is 6. The number of aromatic amines is 1. The summed E-state index contributed by atoms with van der Waals surface area (Å²) in [6, 6.07) is 0. The van der Waals surface area contributed by atoms with Crippen LogP contribution in [-0.2, 0) is 7.05 Å². The van der Waals surface area contributed by atoms with Crippen molar-refractivity contribution in [2.24, 2.45) is 7.05 Å². The fourth-order valence-electron chi connectivity index (χ4n) is 2.13. The molecule has 3 heterocycles. The number of nitrogens with one attached hydrogen (secondary N) is 3. The van der Waals surface area contributed by atoms with Crippen LogP contribution in [0.2, 0.25) is 0 Å². The molecule has 0 aliphatic heterocycles. The van der Waals surface area contributed by atoms with Crippen LogP contribution in [0.15, 0.2) is 18.7 Å². The molecular weight excluding hydrogens is 325 g/mol. The second-order valence-corrected chi connectivity index (χ2v) is 5.17. The van der Waals surface area contributed by atoms with E-state index in [1.54, 1.807) is 24.1 Å². The summed E-state index contributed by atoms with van der Waals surface area (Å²) in [6.07, 6.45) is -0.257. The van der Waals surface area contributed by atoms with E-state index in [-0.39, 0.29) is 18.9 Å². The normalized spacial score (nSPS) is 11.8. The number of anilines is 3. The number of hydrogen-bond donors (Lipinski definition) is 3. The summed E-state index contributed by atoms with van der Waals surface area (Å²) in [5, 5.41) is 9.90. The highest BCUT2D eigenvalue weighted by Gasteiger charge is 2.26. The van der Waals surface area contributed by atoms with E-state index in [4.69, 9.17) is 0 Å². The summed E-state index contributed by atoms with van der Waals surface area (Å²) in [7, 11) is 1.77. The van der Waals surface area contributed by atoms with Gasteiger partial charge in [-0.2, -0.15) is 28.2 Å². The first-order chi connectivity index (χ1) is 11.4. The smallest absolute Gasteiger partial charge is 0.368 e. The van der Waals surface area contributed by atoms with Gasteiger partial charge in [0.1, 0.15) is 5.52 Å². The average Bonchev–Trinajstić information content (AvgIpc) is 3.11. The molecule has 8 nitrogen and oxygen atoms in total. The van der Waals surface area contributed by atoms with Crippen LogP contribution in [0.3, 0.4) is 0 Å². The van der Waals surface area contributed by atoms with Gasteiger partial charge in [-0.25, -0.2) is 4.98 Å². The molecule has 0 radical (unpaired) electrons. The molecule has 0 bridgehead atoms. The van der Waals surface area contributed by atoms with Crippen LogP contribution in [-0.4, -0.2) is 42.4 Å². The second kappa shape index (κ2) is 6.34. The highest BCUT2D eigenvalue weighted by molar-refractivity contribution is 5.84. The molecular formula is C13H15F3N8. The summed E-state index contributed by atoms with van der Waals surface area (Å²) < 4.78 is 38.2. The molecule has 0 fully saturated rings. The van der Waals surface area contributed by atoms with Crippen molar-refractivity contribution >= 4 is 28.6 Å². The van der Waals surface area contributed by atoms with Gasteiger partial charge in [0.15, 0.2) is 11.5 Å². The molecule has 0 aromatic carbocycles. The van der Waals surface area contributed by atoms with Crippen LogP contribution in [0.25, 0.3) is 11.2 Å². The first kappa shape index (κ1) is 16.0. The third-order valence-corrected chi connectivity index (χ3v) is 3.18. The van der Waals surface area contributed by atoms with Crippen molar-refractivity contribution in [2.75, 3.05) is 17.2 Å². The zero-order chi connectivity index (χ0) is 17.2. The van der Waals surface area contributed by atoms with Gasteiger partial charge in [-0.3, -0.25) is 4.68 Å². The minimum absolute atomic E-state index is 0.0471. The van der Waals surface area contributed by atoms with E-state index in [1.807, 2.05) is 0 Å². The maximum Gasteiger partial charge on any atom is 0.389 e. The zero-order valence-electron chi connectivity index (χ0n) is 12.7. The fourth-order valence-corrected chi connectivity index (χ4v) is 2.13. The summed E-state index contributed by atoms with van der Waals surface area (Å²) in [5.41, 5.74) is 1.64. The molecule has 3 rings (SSSR count). The largest absolute Gasteiger partial charge is 0.389 e. The molecule has 3 aromatic rings. The monoisotopic (exact) mass is 340 g/mol. The van der Waals surface area contributed by atoms with Gasteiger partial charge in [-0.15, -0.1) is 0 Å².